The Morgan fingerprint density at radius 1 is 0.708 bits per heavy atom. The summed E-state index contributed by atoms with van der Waals surface area (Å²) in [4.78, 5) is 10.9. The Labute approximate surface area is 286 Å². The zero-order valence-corrected chi connectivity index (χ0v) is 28.8. The van der Waals surface area contributed by atoms with Crippen molar-refractivity contribution in [3.8, 4) is 0 Å². The summed E-state index contributed by atoms with van der Waals surface area (Å²) in [6.07, 6.45) is 31.8. The first-order valence-electron chi connectivity index (χ1n) is 16.4. The topological polar surface area (TPSA) is 146 Å². The average molecular weight is 669 g/mol. The molecule has 266 valence electrons. The smallest absolute Gasteiger partial charge is 0.330 e. The summed E-state index contributed by atoms with van der Waals surface area (Å²) in [6.45, 7) is 7.22. The molecule has 0 aromatic heterocycles. The summed E-state index contributed by atoms with van der Waals surface area (Å²) in [7, 11) is 1.33. The van der Waals surface area contributed by atoms with Crippen LogP contribution in [-0.4, -0.2) is 87.6 Å². The number of rotatable bonds is 20. The number of aliphatic hydroxyl groups excluding tert-OH is 5. The molecule has 0 aromatic carbocycles. The van der Waals surface area contributed by atoms with E-state index in [2.05, 4.69) is 10.8 Å². The maximum Gasteiger partial charge on any atom is 0.330 e. The standard InChI is InChI=1S/C39H56O9/c1-29(25-21-17-13-9-6-7-12-16-20-24-28-34(41)46-5)35(42)31(3)33(40)27-23-19-15-11-8-10-14-18-22-26-30(2)47-39-38(45)37(44)36(43)32(4)48-39/h6-12,14-16,18-25,27-33,35-40,42-45H,13,17,26H2,1-5H3. The summed E-state index contributed by atoms with van der Waals surface area (Å²) < 4.78 is 15.6. The van der Waals surface area contributed by atoms with Gasteiger partial charge in [0.05, 0.1) is 31.5 Å². The highest BCUT2D eigenvalue weighted by atomic mass is 16.7. The molecule has 48 heavy (non-hydrogen) atoms. The van der Waals surface area contributed by atoms with Crippen LogP contribution in [0, 0.1) is 11.8 Å². The lowest BCUT2D eigenvalue weighted by Crippen LogP contribution is -2.57. The Balaban J connectivity index is 2.30. The molecule has 0 bridgehead atoms. The van der Waals surface area contributed by atoms with Crippen LogP contribution in [-0.2, 0) is 19.0 Å². The molecule has 0 spiro atoms. The minimum atomic E-state index is -1.32. The van der Waals surface area contributed by atoms with Crippen molar-refractivity contribution >= 4 is 5.97 Å². The van der Waals surface area contributed by atoms with E-state index in [9.17, 15) is 30.3 Å². The fourth-order valence-electron chi connectivity index (χ4n) is 4.43. The van der Waals surface area contributed by atoms with Crippen LogP contribution in [0.3, 0.4) is 0 Å². The molecule has 0 aliphatic carbocycles. The zero-order chi connectivity index (χ0) is 35.7. The van der Waals surface area contributed by atoms with Crippen LogP contribution < -0.4 is 0 Å². The minimum Gasteiger partial charge on any atom is -0.466 e. The van der Waals surface area contributed by atoms with Crippen LogP contribution in [0.15, 0.2) is 122 Å². The summed E-state index contributed by atoms with van der Waals surface area (Å²) >= 11 is 0. The van der Waals surface area contributed by atoms with Crippen molar-refractivity contribution in [3.63, 3.8) is 0 Å². The first-order valence-corrected chi connectivity index (χ1v) is 16.4. The lowest BCUT2D eigenvalue weighted by atomic mass is 9.88. The van der Waals surface area contributed by atoms with Crippen molar-refractivity contribution in [3.05, 3.63) is 122 Å². The molecule has 1 aliphatic heterocycles. The predicted molar refractivity (Wildman–Crippen MR) is 191 cm³/mol. The second-order valence-corrected chi connectivity index (χ2v) is 11.6. The molecule has 1 fully saturated rings. The van der Waals surface area contributed by atoms with Gasteiger partial charge in [0, 0.05) is 17.9 Å². The van der Waals surface area contributed by atoms with Crippen LogP contribution >= 0.6 is 0 Å². The van der Waals surface area contributed by atoms with Gasteiger partial charge in [-0.2, -0.15) is 0 Å². The number of aliphatic hydroxyl groups is 5. The Morgan fingerprint density at radius 3 is 1.88 bits per heavy atom. The Kier molecular flexibility index (Phi) is 22.7. The molecule has 0 radical (unpaired) electrons. The third-order valence-corrected chi connectivity index (χ3v) is 7.55. The van der Waals surface area contributed by atoms with Crippen molar-refractivity contribution in [2.75, 3.05) is 7.11 Å². The van der Waals surface area contributed by atoms with E-state index in [1.807, 2.05) is 106 Å². The van der Waals surface area contributed by atoms with E-state index in [-0.39, 0.29) is 17.9 Å². The summed E-state index contributed by atoms with van der Waals surface area (Å²) in [5.41, 5.74) is 0. The van der Waals surface area contributed by atoms with Crippen LogP contribution in [0.5, 0.6) is 0 Å². The van der Waals surface area contributed by atoms with Gasteiger partial charge in [0.2, 0.25) is 0 Å². The third-order valence-electron chi connectivity index (χ3n) is 7.55. The number of methoxy groups -OCH3 is 1. The molecule has 1 saturated heterocycles. The second kappa shape index (κ2) is 25.6. The molecule has 0 amide bonds. The molecule has 9 nitrogen and oxygen atoms in total. The van der Waals surface area contributed by atoms with Gasteiger partial charge in [0.25, 0.3) is 0 Å². The maximum absolute atomic E-state index is 10.9. The number of carbonyl (C=O) groups excluding carboxylic acids is 1. The lowest BCUT2D eigenvalue weighted by molar-refractivity contribution is -0.302. The van der Waals surface area contributed by atoms with Crippen LogP contribution in [0.1, 0.15) is 47.0 Å². The zero-order valence-electron chi connectivity index (χ0n) is 28.8. The normalized spacial score (nSPS) is 26.2. The van der Waals surface area contributed by atoms with E-state index < -0.39 is 48.9 Å². The van der Waals surface area contributed by atoms with Gasteiger partial charge in [0.1, 0.15) is 18.3 Å². The monoisotopic (exact) mass is 668 g/mol. The first kappa shape index (κ1) is 42.6. The van der Waals surface area contributed by atoms with Crippen LogP contribution in [0.2, 0.25) is 0 Å². The SMILES string of the molecule is COC(=O)C=CC=CC=CC=CCCC=CC(C)C(O)C(C)C(O)C=CC=CC=CC=CC=CCC(C)OC1OC(C)C(O)C(O)C1O. The summed E-state index contributed by atoms with van der Waals surface area (Å²) in [5.74, 6) is -0.828. The molecule has 0 saturated carbocycles. The van der Waals surface area contributed by atoms with Gasteiger partial charge in [0.15, 0.2) is 6.29 Å². The van der Waals surface area contributed by atoms with Gasteiger partial charge in [-0.05, 0) is 33.1 Å². The fraction of sp³-hybridized carbons (Fsp3) is 0.462. The van der Waals surface area contributed by atoms with Crippen molar-refractivity contribution in [1.82, 2.24) is 0 Å². The second-order valence-electron chi connectivity index (χ2n) is 11.6. The van der Waals surface area contributed by atoms with E-state index in [0.29, 0.717) is 6.42 Å². The largest absolute Gasteiger partial charge is 0.466 e. The third kappa shape index (κ3) is 18.2. The van der Waals surface area contributed by atoms with E-state index in [1.54, 1.807) is 31.2 Å². The molecular weight excluding hydrogens is 612 g/mol. The summed E-state index contributed by atoms with van der Waals surface area (Å²) in [6, 6.07) is 0. The number of hydrogen-bond donors (Lipinski definition) is 5. The van der Waals surface area contributed by atoms with Crippen molar-refractivity contribution in [2.24, 2.45) is 11.8 Å². The van der Waals surface area contributed by atoms with Crippen molar-refractivity contribution in [2.45, 2.75) is 96.0 Å². The number of allylic oxidation sites excluding steroid dienone is 16. The van der Waals surface area contributed by atoms with Crippen molar-refractivity contribution in [1.29, 1.82) is 0 Å². The molecule has 0 aromatic rings. The average Bonchev–Trinajstić information content (AvgIpc) is 3.07. The van der Waals surface area contributed by atoms with E-state index in [0.717, 1.165) is 12.8 Å². The highest BCUT2D eigenvalue weighted by Crippen LogP contribution is 2.23. The van der Waals surface area contributed by atoms with E-state index in [1.165, 1.54) is 13.2 Å². The van der Waals surface area contributed by atoms with E-state index >= 15 is 0 Å². The van der Waals surface area contributed by atoms with E-state index in [4.69, 9.17) is 9.47 Å². The number of hydrogen-bond acceptors (Lipinski definition) is 9. The lowest BCUT2D eigenvalue weighted by Gasteiger charge is -2.39. The minimum absolute atomic E-state index is 0.100. The first-order chi connectivity index (χ1) is 23.0. The Bertz CT molecular complexity index is 1190. The molecule has 1 aliphatic rings. The Morgan fingerprint density at radius 2 is 1.25 bits per heavy atom. The van der Waals surface area contributed by atoms with Crippen LogP contribution in [0.4, 0.5) is 0 Å². The predicted octanol–water partition coefficient (Wildman–Crippen LogP) is 5.12. The van der Waals surface area contributed by atoms with Gasteiger partial charge in [-0.3, -0.25) is 0 Å². The number of ether oxygens (including phenoxy) is 3. The Hall–Kier alpha value is -3.41. The van der Waals surface area contributed by atoms with Crippen molar-refractivity contribution < 1.29 is 44.5 Å². The van der Waals surface area contributed by atoms with Crippen LogP contribution in [0.25, 0.3) is 0 Å². The summed E-state index contributed by atoms with van der Waals surface area (Å²) in [5, 5.41) is 50.9. The maximum atomic E-state index is 10.9. The van der Waals surface area contributed by atoms with Gasteiger partial charge in [-0.25, -0.2) is 4.79 Å². The molecule has 9 heteroatoms. The fourth-order valence-corrected chi connectivity index (χ4v) is 4.43. The molecule has 1 heterocycles. The highest BCUT2D eigenvalue weighted by Gasteiger charge is 2.42. The number of esters is 1. The number of unbranched alkanes of at least 4 members (excludes halogenated alkanes) is 1. The quantitative estimate of drug-likeness (QED) is 0.0393. The molecule has 1 rings (SSSR count). The molecular formula is C39H56O9. The van der Waals surface area contributed by atoms with Gasteiger partial charge in [-0.1, -0.05) is 129 Å². The van der Waals surface area contributed by atoms with Gasteiger partial charge in [-0.15, -0.1) is 0 Å². The molecule has 10 unspecified atom stereocenters. The molecule has 10 atom stereocenters. The van der Waals surface area contributed by atoms with Gasteiger partial charge < -0.3 is 39.7 Å². The highest BCUT2D eigenvalue weighted by molar-refractivity contribution is 5.82. The van der Waals surface area contributed by atoms with Gasteiger partial charge >= 0.3 is 5.97 Å². The number of carbonyl (C=O) groups is 1. The molecule has 5 N–H and O–H groups in total.